The summed E-state index contributed by atoms with van der Waals surface area (Å²) in [5, 5.41) is 13.4. The first kappa shape index (κ1) is 34.7. The molecular formula is C34H50N2O9. The Morgan fingerprint density at radius 1 is 1.18 bits per heavy atom. The molecule has 11 heteroatoms. The maximum atomic E-state index is 13.5. The van der Waals surface area contributed by atoms with Crippen LogP contribution < -0.4 is 5.32 Å². The van der Waals surface area contributed by atoms with Crippen molar-refractivity contribution >= 4 is 18.0 Å². The Morgan fingerprint density at radius 3 is 2.49 bits per heavy atom. The normalized spacial score (nSPS) is 35.2. The van der Waals surface area contributed by atoms with E-state index in [2.05, 4.69) is 29.4 Å². The van der Waals surface area contributed by atoms with Crippen molar-refractivity contribution in [3.63, 3.8) is 0 Å². The molecule has 0 radical (unpaired) electrons. The number of aliphatic hydroxyl groups excluding tert-OH is 1. The number of fused-ring (bicyclic) bond motifs is 1. The summed E-state index contributed by atoms with van der Waals surface area (Å²) < 4.78 is 30.5. The van der Waals surface area contributed by atoms with Gasteiger partial charge >= 0.3 is 18.0 Å². The highest BCUT2D eigenvalue weighted by molar-refractivity contribution is 5.87. The van der Waals surface area contributed by atoms with Gasteiger partial charge in [0.2, 0.25) is 0 Å². The molecule has 0 unspecified atom stereocenters. The number of amides is 1. The first-order valence-corrected chi connectivity index (χ1v) is 15.9. The van der Waals surface area contributed by atoms with Crippen molar-refractivity contribution in [1.29, 1.82) is 0 Å². The first-order chi connectivity index (χ1) is 21.1. The number of esters is 2. The summed E-state index contributed by atoms with van der Waals surface area (Å²) in [5.74, 6) is -2.15. The molecule has 1 spiro atoms. The van der Waals surface area contributed by atoms with Crippen molar-refractivity contribution in [2.75, 3.05) is 7.11 Å². The Hall–Kier alpha value is -3.15. The van der Waals surface area contributed by atoms with Gasteiger partial charge in [0.15, 0.2) is 6.10 Å². The molecule has 11 nitrogen and oxygen atoms in total. The third-order valence-corrected chi connectivity index (χ3v) is 9.71. The lowest BCUT2D eigenvalue weighted by molar-refractivity contribution is -0.172. The van der Waals surface area contributed by atoms with E-state index in [0.717, 1.165) is 5.57 Å². The second kappa shape index (κ2) is 13.7. The Kier molecular flexibility index (Phi) is 10.6. The van der Waals surface area contributed by atoms with Crippen LogP contribution in [0.1, 0.15) is 78.7 Å². The number of cyclic esters (lactones) is 1. The molecule has 4 rings (SSSR count). The van der Waals surface area contributed by atoms with Crippen LogP contribution >= 0.6 is 0 Å². The maximum Gasteiger partial charge on any atom is 0.407 e. The van der Waals surface area contributed by atoms with Crippen LogP contribution in [-0.4, -0.2) is 83.5 Å². The smallest absolute Gasteiger partial charge is 0.407 e. The standard InChI is InChI=1S/C34H50N2O9/c1-18(2)36-32(40)42-23(7)27-19(3)15-20(4)34-17-33(8,13-12-24(34)16-26(41-9)31(39)43-27)29(45-34)28(21(5)22(6)37)44-30(38)25-11-10-14-35-25/h10-15,18-19,21-24,26-29,35,37H,16-17H2,1-9H3,(H,36,40)/b20-15+/t19-,21-,22+,23-,24-,26+,27+,28-,29+,33-,34+/m1/s1. The molecule has 3 heterocycles. The predicted octanol–water partition coefficient (Wildman–Crippen LogP) is 4.71. The van der Waals surface area contributed by atoms with E-state index in [0.29, 0.717) is 12.1 Å². The van der Waals surface area contributed by atoms with Crippen molar-refractivity contribution in [2.45, 2.75) is 116 Å². The van der Waals surface area contributed by atoms with Gasteiger partial charge in [-0.1, -0.05) is 39.0 Å². The minimum Gasteiger partial charge on any atom is -0.456 e. The molecular weight excluding hydrogens is 580 g/mol. The Morgan fingerprint density at radius 2 is 1.89 bits per heavy atom. The number of aromatic amines is 1. The van der Waals surface area contributed by atoms with E-state index in [9.17, 15) is 19.5 Å². The molecule has 2 bridgehead atoms. The van der Waals surface area contributed by atoms with Gasteiger partial charge < -0.3 is 39.1 Å². The lowest BCUT2D eigenvalue weighted by Gasteiger charge is -2.42. The van der Waals surface area contributed by atoms with E-state index in [-0.39, 0.29) is 24.3 Å². The van der Waals surface area contributed by atoms with Crippen LogP contribution in [0.4, 0.5) is 4.79 Å². The summed E-state index contributed by atoms with van der Waals surface area (Å²) in [4.78, 5) is 42.0. The van der Waals surface area contributed by atoms with E-state index in [1.807, 2.05) is 40.7 Å². The zero-order chi connectivity index (χ0) is 33.3. The molecule has 1 aromatic heterocycles. The van der Waals surface area contributed by atoms with Crippen molar-refractivity contribution in [1.82, 2.24) is 10.3 Å². The Labute approximate surface area is 266 Å². The number of hydrogen-bond donors (Lipinski definition) is 3. The number of nitrogens with one attached hydrogen (secondary N) is 2. The van der Waals surface area contributed by atoms with Gasteiger partial charge in [-0.15, -0.1) is 0 Å². The van der Waals surface area contributed by atoms with Gasteiger partial charge in [0.05, 0.1) is 11.7 Å². The van der Waals surface area contributed by atoms with Gasteiger partial charge in [0.25, 0.3) is 0 Å². The molecule has 0 aromatic carbocycles. The SMILES string of the molecule is CO[C@H]1C[C@H]2C=C[C@]3(C)C[C@]2(O[C@H]3[C@H](OC(=O)c2ccc[nH]2)[C@H](C)[C@H](C)O)/C(C)=C/[C@@H](C)[C@@H]([C@@H](C)OC(=O)NC(C)C)OC1=O. The predicted molar refractivity (Wildman–Crippen MR) is 166 cm³/mol. The van der Waals surface area contributed by atoms with Crippen LogP contribution in [0, 0.1) is 23.2 Å². The molecule has 1 amide bonds. The first-order valence-electron chi connectivity index (χ1n) is 15.9. The number of aliphatic hydroxyl groups is 1. The molecule has 1 aliphatic carbocycles. The molecule has 0 saturated carbocycles. The maximum absolute atomic E-state index is 13.5. The monoisotopic (exact) mass is 630 g/mol. The van der Waals surface area contributed by atoms with Crippen LogP contribution in [-0.2, 0) is 28.5 Å². The number of carbonyl (C=O) groups is 3. The molecule has 3 aliphatic rings. The van der Waals surface area contributed by atoms with Gasteiger partial charge in [0, 0.05) is 42.5 Å². The third kappa shape index (κ3) is 7.15. The number of rotatable bonds is 9. The van der Waals surface area contributed by atoms with Gasteiger partial charge in [-0.3, -0.25) is 0 Å². The van der Waals surface area contributed by atoms with Crippen LogP contribution in [0.5, 0.6) is 0 Å². The molecule has 1 fully saturated rings. The second-order valence-corrected chi connectivity index (χ2v) is 13.6. The molecule has 1 saturated heterocycles. The summed E-state index contributed by atoms with van der Waals surface area (Å²) in [6.45, 7) is 14.9. The van der Waals surface area contributed by atoms with Crippen LogP contribution in [0.15, 0.2) is 42.1 Å². The number of methoxy groups -OCH3 is 1. The fraction of sp³-hybridized carbons (Fsp3) is 0.676. The van der Waals surface area contributed by atoms with Gasteiger partial charge in [-0.25, -0.2) is 14.4 Å². The zero-order valence-electron chi connectivity index (χ0n) is 27.9. The van der Waals surface area contributed by atoms with E-state index in [1.54, 1.807) is 32.2 Å². The van der Waals surface area contributed by atoms with Crippen LogP contribution in [0.3, 0.4) is 0 Å². The largest absolute Gasteiger partial charge is 0.456 e. The number of ether oxygens (including phenoxy) is 5. The molecule has 1 aromatic rings. The van der Waals surface area contributed by atoms with Gasteiger partial charge in [0.1, 0.15) is 30.1 Å². The third-order valence-electron chi connectivity index (χ3n) is 9.71. The van der Waals surface area contributed by atoms with E-state index < -0.39 is 71.6 Å². The van der Waals surface area contributed by atoms with E-state index in [4.69, 9.17) is 23.7 Å². The highest BCUT2D eigenvalue weighted by Crippen LogP contribution is 2.58. The van der Waals surface area contributed by atoms with Gasteiger partial charge in [-0.05, 0) is 65.2 Å². The summed E-state index contributed by atoms with van der Waals surface area (Å²) in [5.41, 5.74) is -0.189. The summed E-state index contributed by atoms with van der Waals surface area (Å²) >= 11 is 0. The summed E-state index contributed by atoms with van der Waals surface area (Å²) in [6, 6.07) is 3.25. The highest BCUT2D eigenvalue weighted by atomic mass is 16.6. The quantitative estimate of drug-likeness (QED) is 0.201. The summed E-state index contributed by atoms with van der Waals surface area (Å²) in [6.07, 6.45) is 3.47. The minimum atomic E-state index is -0.904. The zero-order valence-corrected chi connectivity index (χ0v) is 27.9. The molecule has 250 valence electrons. The number of hydrogen-bond acceptors (Lipinski definition) is 9. The minimum absolute atomic E-state index is 0.117. The fourth-order valence-electron chi connectivity index (χ4n) is 7.03. The Balaban J connectivity index is 1.73. The van der Waals surface area contributed by atoms with Crippen LogP contribution in [0.2, 0.25) is 0 Å². The molecule has 11 atom stereocenters. The Bertz CT molecular complexity index is 1270. The van der Waals surface area contributed by atoms with Crippen LogP contribution in [0.25, 0.3) is 0 Å². The lowest BCUT2D eigenvalue weighted by atomic mass is 9.64. The molecule has 2 aliphatic heterocycles. The van der Waals surface area contributed by atoms with Crippen molar-refractivity contribution < 1.29 is 43.2 Å². The average molecular weight is 631 g/mol. The molecule has 45 heavy (non-hydrogen) atoms. The van der Waals surface area contributed by atoms with Crippen molar-refractivity contribution in [3.05, 3.63) is 47.8 Å². The van der Waals surface area contributed by atoms with Crippen molar-refractivity contribution in [3.8, 4) is 0 Å². The lowest BCUT2D eigenvalue weighted by Crippen LogP contribution is -2.48. The highest BCUT2D eigenvalue weighted by Gasteiger charge is 2.62. The van der Waals surface area contributed by atoms with Crippen molar-refractivity contribution in [2.24, 2.45) is 23.2 Å². The number of H-pyrrole nitrogens is 1. The number of aromatic nitrogens is 1. The number of alkyl carbamates (subject to hydrolysis) is 1. The molecule has 3 N–H and O–H groups in total. The number of carbonyl (C=O) groups excluding carboxylic acids is 3. The van der Waals surface area contributed by atoms with Gasteiger partial charge in [-0.2, -0.15) is 0 Å². The van der Waals surface area contributed by atoms with E-state index >= 15 is 0 Å². The summed E-state index contributed by atoms with van der Waals surface area (Å²) in [7, 11) is 1.47. The fourth-order valence-corrected chi connectivity index (χ4v) is 7.03. The average Bonchev–Trinajstić information content (AvgIpc) is 3.58. The second-order valence-electron chi connectivity index (χ2n) is 13.6. The topological polar surface area (TPSA) is 145 Å². The van der Waals surface area contributed by atoms with E-state index in [1.165, 1.54) is 7.11 Å².